The van der Waals surface area contributed by atoms with Gasteiger partial charge in [-0.15, -0.1) is 0 Å². The zero-order chi connectivity index (χ0) is 29.4. The molecule has 0 aliphatic heterocycles. The molecule has 0 bridgehead atoms. The Balaban J connectivity index is 7.45. The maximum Gasteiger partial charge on any atom is 0.509 e. The van der Waals surface area contributed by atoms with Gasteiger partial charge in [0.1, 0.15) is 0 Å². The molecule has 0 aliphatic carbocycles. The summed E-state index contributed by atoms with van der Waals surface area (Å²) in [5.74, 6) is 0. The van der Waals surface area contributed by atoms with Crippen LogP contribution in [0.5, 0.6) is 0 Å². The first-order valence-corrected chi connectivity index (χ1v) is 19.6. The number of rotatable bonds is 24. The molecule has 0 aromatic carbocycles. The lowest BCUT2D eigenvalue weighted by molar-refractivity contribution is -0.0434. The number of unbranched alkanes of at least 4 members (excludes halogenated alkanes) is 2. The molecule has 0 saturated carbocycles. The highest BCUT2D eigenvalue weighted by Crippen LogP contribution is 2.45. The van der Waals surface area contributed by atoms with Gasteiger partial charge >= 0.3 is 17.6 Å². The molecule has 0 aromatic rings. The first-order valence-electron chi connectivity index (χ1n) is 16.0. The van der Waals surface area contributed by atoms with E-state index in [1.165, 1.54) is 0 Å². The van der Waals surface area contributed by atoms with Crippen LogP contribution < -0.4 is 0 Å². The Labute approximate surface area is 240 Å². The van der Waals surface area contributed by atoms with E-state index < -0.39 is 17.6 Å². The third-order valence-corrected chi connectivity index (χ3v) is 16.4. The summed E-state index contributed by atoms with van der Waals surface area (Å²) in [6.45, 7) is 28.0. The second-order valence-corrected chi connectivity index (χ2v) is 17.1. The minimum Gasteiger partial charge on any atom is -0.371 e. The van der Waals surface area contributed by atoms with Gasteiger partial charge in [0.15, 0.2) is 0 Å². The maximum atomic E-state index is 7.07. The van der Waals surface area contributed by atoms with Crippen molar-refractivity contribution in [1.29, 1.82) is 0 Å². The SMILES string of the molecule is CCCCCC([Si](OC(C)CC)(OC(C)CC)OC(C)CC)[Si](OC(C)CC)(OC(C)CC)OC(C)CC. The monoisotopic (exact) mass is 578 g/mol. The fourth-order valence-electron chi connectivity index (χ4n) is 4.01. The van der Waals surface area contributed by atoms with Crippen molar-refractivity contribution in [3.05, 3.63) is 0 Å². The van der Waals surface area contributed by atoms with Crippen LogP contribution >= 0.6 is 0 Å². The van der Waals surface area contributed by atoms with Crippen molar-refractivity contribution in [3.8, 4) is 0 Å². The summed E-state index contributed by atoms with van der Waals surface area (Å²) < 4.78 is 42.4. The third-order valence-electron chi connectivity index (χ3n) is 7.59. The Kier molecular flexibility index (Phi) is 20.2. The van der Waals surface area contributed by atoms with E-state index in [1.54, 1.807) is 0 Å². The normalized spacial score (nSPS) is 21.1. The highest BCUT2D eigenvalue weighted by molar-refractivity contribution is 6.82. The Morgan fingerprint density at radius 3 is 0.816 bits per heavy atom. The summed E-state index contributed by atoms with van der Waals surface area (Å²) >= 11 is 0. The quantitative estimate of drug-likeness (QED) is 0.0840. The zero-order valence-corrected chi connectivity index (χ0v) is 29.6. The van der Waals surface area contributed by atoms with Gasteiger partial charge in [-0.25, -0.2) is 0 Å². The molecule has 0 heterocycles. The molecule has 0 aromatic heterocycles. The second kappa shape index (κ2) is 20.1. The summed E-state index contributed by atoms with van der Waals surface area (Å²) in [6.07, 6.45) is 9.35. The molecule has 0 rings (SSSR count). The molecule has 8 heteroatoms. The Morgan fingerprint density at radius 2 is 0.632 bits per heavy atom. The van der Waals surface area contributed by atoms with Crippen LogP contribution in [0.1, 0.15) is 154 Å². The maximum absolute atomic E-state index is 7.07. The van der Waals surface area contributed by atoms with Crippen molar-refractivity contribution >= 4 is 17.6 Å². The van der Waals surface area contributed by atoms with Gasteiger partial charge in [-0.2, -0.15) is 0 Å². The number of hydrogen-bond acceptors (Lipinski definition) is 6. The largest absolute Gasteiger partial charge is 0.509 e. The molecule has 0 radical (unpaired) electrons. The molecule has 6 unspecified atom stereocenters. The fourth-order valence-corrected chi connectivity index (χ4v) is 13.8. The fraction of sp³-hybridized carbons (Fsp3) is 1.00. The van der Waals surface area contributed by atoms with Crippen molar-refractivity contribution in [1.82, 2.24) is 0 Å². The first-order chi connectivity index (χ1) is 17.9. The summed E-state index contributed by atoms with van der Waals surface area (Å²) in [5.41, 5.74) is 0. The standard InChI is InChI=1S/C30H66O6Si2/c1-14-21-22-23-30(37(31-24(8)15-2,32-25(9)16-3)33-26(10)17-4)38(34-27(11)18-5,35-28(12)19-6)36-29(13)20-7/h24-30H,14-23H2,1-13H3. The zero-order valence-electron chi connectivity index (χ0n) is 27.6. The Morgan fingerprint density at radius 1 is 0.395 bits per heavy atom. The van der Waals surface area contributed by atoms with Crippen LogP contribution in [-0.4, -0.2) is 54.2 Å². The minimum atomic E-state index is -3.41. The van der Waals surface area contributed by atoms with Gasteiger partial charge in [0, 0.05) is 36.6 Å². The second-order valence-electron chi connectivity index (χ2n) is 11.3. The highest BCUT2D eigenvalue weighted by atomic mass is 28.5. The summed E-state index contributed by atoms with van der Waals surface area (Å²) in [5, 5.41) is -0.199. The van der Waals surface area contributed by atoms with Gasteiger partial charge in [0.05, 0.1) is 5.16 Å². The Bertz CT molecular complexity index is 474. The molecule has 0 spiro atoms. The van der Waals surface area contributed by atoms with Crippen LogP contribution in [0.4, 0.5) is 0 Å². The topological polar surface area (TPSA) is 55.4 Å². The van der Waals surface area contributed by atoms with Crippen LogP contribution in [-0.2, 0) is 26.6 Å². The third kappa shape index (κ3) is 12.8. The number of hydrogen-bond donors (Lipinski definition) is 0. The average Bonchev–Trinajstić information content (AvgIpc) is 2.89. The molecule has 230 valence electrons. The van der Waals surface area contributed by atoms with E-state index in [0.717, 1.165) is 64.2 Å². The molecule has 0 fully saturated rings. The van der Waals surface area contributed by atoms with Gasteiger partial charge in [-0.05, 0) is 86.5 Å². The molecular weight excluding hydrogens is 512 g/mol. The highest BCUT2D eigenvalue weighted by Gasteiger charge is 2.68. The summed E-state index contributed by atoms with van der Waals surface area (Å²) in [7, 11) is -6.83. The Hall–Kier alpha value is 0.194. The van der Waals surface area contributed by atoms with Crippen molar-refractivity contribution < 1.29 is 26.6 Å². The van der Waals surface area contributed by atoms with E-state index in [9.17, 15) is 0 Å². The predicted octanol–water partition coefficient (Wildman–Crippen LogP) is 9.24. The lowest BCUT2D eigenvalue weighted by atomic mass is 10.2. The van der Waals surface area contributed by atoms with Gasteiger partial charge in [-0.3, -0.25) is 0 Å². The summed E-state index contributed by atoms with van der Waals surface area (Å²) in [6, 6.07) is 0. The summed E-state index contributed by atoms with van der Waals surface area (Å²) in [4.78, 5) is 0. The molecule has 38 heavy (non-hydrogen) atoms. The first kappa shape index (κ1) is 38.2. The molecule has 0 saturated heterocycles. The van der Waals surface area contributed by atoms with E-state index in [1.807, 2.05) is 0 Å². The molecular formula is C30H66O6Si2. The van der Waals surface area contributed by atoms with Gasteiger partial charge in [0.2, 0.25) is 0 Å². The van der Waals surface area contributed by atoms with Crippen LogP contribution in [0, 0.1) is 0 Å². The minimum absolute atomic E-state index is 0.00838. The predicted molar refractivity (Wildman–Crippen MR) is 164 cm³/mol. The van der Waals surface area contributed by atoms with Crippen LogP contribution in [0.25, 0.3) is 0 Å². The average molecular weight is 579 g/mol. The van der Waals surface area contributed by atoms with E-state index in [-0.39, 0.29) is 41.8 Å². The molecule has 6 nitrogen and oxygen atoms in total. The van der Waals surface area contributed by atoms with Gasteiger partial charge in [0.25, 0.3) is 0 Å². The molecule has 0 aliphatic rings. The lowest BCUT2D eigenvalue weighted by Crippen LogP contribution is -2.67. The molecule has 6 atom stereocenters. The van der Waals surface area contributed by atoms with E-state index in [0.29, 0.717) is 0 Å². The van der Waals surface area contributed by atoms with Crippen molar-refractivity contribution in [3.63, 3.8) is 0 Å². The van der Waals surface area contributed by atoms with E-state index in [2.05, 4.69) is 90.0 Å². The molecule has 0 N–H and O–H groups in total. The van der Waals surface area contributed by atoms with Crippen molar-refractivity contribution in [2.24, 2.45) is 0 Å². The van der Waals surface area contributed by atoms with Crippen molar-refractivity contribution in [2.45, 2.75) is 196 Å². The van der Waals surface area contributed by atoms with Crippen LogP contribution in [0.3, 0.4) is 0 Å². The van der Waals surface area contributed by atoms with E-state index >= 15 is 0 Å². The van der Waals surface area contributed by atoms with Gasteiger partial charge in [-0.1, -0.05) is 67.7 Å². The van der Waals surface area contributed by atoms with E-state index in [4.69, 9.17) is 26.6 Å². The van der Waals surface area contributed by atoms with Crippen LogP contribution in [0.2, 0.25) is 5.16 Å². The molecule has 0 amide bonds. The van der Waals surface area contributed by atoms with Gasteiger partial charge < -0.3 is 26.6 Å². The van der Waals surface area contributed by atoms with Crippen molar-refractivity contribution in [2.75, 3.05) is 0 Å². The van der Waals surface area contributed by atoms with Crippen LogP contribution in [0.15, 0.2) is 0 Å². The lowest BCUT2D eigenvalue weighted by Gasteiger charge is -2.48. The smallest absolute Gasteiger partial charge is 0.371 e.